The fourth-order valence-electron chi connectivity index (χ4n) is 2.38. The number of likely N-dealkylation sites (tertiary alicyclic amines) is 1. The molecule has 0 saturated carbocycles. The Morgan fingerprint density at radius 1 is 1.44 bits per heavy atom. The molecule has 3 nitrogen and oxygen atoms in total. The van der Waals surface area contributed by atoms with Crippen LogP contribution >= 0.6 is 11.3 Å². The van der Waals surface area contributed by atoms with Crippen molar-refractivity contribution in [2.24, 2.45) is 5.92 Å². The number of rotatable bonds is 5. The lowest BCUT2D eigenvalue weighted by atomic mass is 10.1. The fourth-order valence-corrected chi connectivity index (χ4v) is 3.08. The van der Waals surface area contributed by atoms with E-state index in [9.17, 15) is 4.79 Å². The monoisotopic (exact) mass is 266 g/mol. The SMILES string of the molecule is CC(C)C(=O)NCC(c1ccsc1)N1CCCC1. The molecule has 4 heteroatoms. The summed E-state index contributed by atoms with van der Waals surface area (Å²) in [7, 11) is 0. The smallest absolute Gasteiger partial charge is 0.222 e. The molecule has 0 radical (unpaired) electrons. The van der Waals surface area contributed by atoms with Gasteiger partial charge in [0.05, 0.1) is 6.04 Å². The first-order chi connectivity index (χ1) is 8.68. The Hall–Kier alpha value is -0.870. The highest BCUT2D eigenvalue weighted by Gasteiger charge is 2.24. The van der Waals surface area contributed by atoms with Crippen molar-refractivity contribution >= 4 is 17.2 Å². The molecule has 1 aliphatic rings. The van der Waals surface area contributed by atoms with Crippen LogP contribution in [0.2, 0.25) is 0 Å². The lowest BCUT2D eigenvalue weighted by molar-refractivity contribution is -0.124. The van der Waals surface area contributed by atoms with Gasteiger partial charge in [0, 0.05) is 12.5 Å². The van der Waals surface area contributed by atoms with Gasteiger partial charge in [-0.2, -0.15) is 11.3 Å². The first-order valence-corrected chi connectivity index (χ1v) is 7.66. The third-order valence-corrected chi connectivity index (χ3v) is 4.20. The molecule has 0 aliphatic carbocycles. The molecule has 18 heavy (non-hydrogen) atoms. The van der Waals surface area contributed by atoms with E-state index < -0.39 is 0 Å². The predicted octanol–water partition coefficient (Wildman–Crippen LogP) is 2.66. The van der Waals surface area contributed by atoms with Crippen LogP contribution < -0.4 is 5.32 Å². The second-order valence-electron chi connectivity index (χ2n) is 5.22. The largest absolute Gasteiger partial charge is 0.354 e. The van der Waals surface area contributed by atoms with Gasteiger partial charge in [0.2, 0.25) is 5.91 Å². The summed E-state index contributed by atoms with van der Waals surface area (Å²) < 4.78 is 0. The van der Waals surface area contributed by atoms with Crippen LogP contribution in [0, 0.1) is 5.92 Å². The Kier molecular flexibility index (Phi) is 4.78. The molecule has 1 fully saturated rings. The minimum atomic E-state index is 0.0618. The van der Waals surface area contributed by atoms with Gasteiger partial charge in [0.25, 0.3) is 0 Å². The minimum Gasteiger partial charge on any atom is -0.354 e. The Balaban J connectivity index is 1.99. The Morgan fingerprint density at radius 3 is 2.72 bits per heavy atom. The van der Waals surface area contributed by atoms with Crippen molar-refractivity contribution in [2.75, 3.05) is 19.6 Å². The summed E-state index contributed by atoms with van der Waals surface area (Å²) >= 11 is 1.73. The highest BCUT2D eigenvalue weighted by Crippen LogP contribution is 2.26. The molecule has 0 spiro atoms. The number of hydrogen-bond acceptors (Lipinski definition) is 3. The van der Waals surface area contributed by atoms with Gasteiger partial charge in [-0.25, -0.2) is 0 Å². The third-order valence-electron chi connectivity index (χ3n) is 3.50. The number of carbonyl (C=O) groups is 1. The van der Waals surface area contributed by atoms with Crippen LogP contribution in [0.25, 0.3) is 0 Å². The summed E-state index contributed by atoms with van der Waals surface area (Å²) in [5.74, 6) is 0.209. The Labute approximate surface area is 113 Å². The lowest BCUT2D eigenvalue weighted by Gasteiger charge is -2.27. The van der Waals surface area contributed by atoms with E-state index in [2.05, 4.69) is 27.0 Å². The van der Waals surface area contributed by atoms with Gasteiger partial charge in [-0.05, 0) is 48.3 Å². The third kappa shape index (κ3) is 3.33. The fraction of sp³-hybridized carbons (Fsp3) is 0.643. The van der Waals surface area contributed by atoms with Gasteiger partial charge in [-0.3, -0.25) is 9.69 Å². The van der Waals surface area contributed by atoms with Crippen LogP contribution in [0.4, 0.5) is 0 Å². The molecule has 1 aromatic heterocycles. The molecule has 1 saturated heterocycles. The predicted molar refractivity (Wildman–Crippen MR) is 75.7 cm³/mol. The highest BCUT2D eigenvalue weighted by molar-refractivity contribution is 7.07. The second kappa shape index (κ2) is 6.34. The average molecular weight is 266 g/mol. The van der Waals surface area contributed by atoms with E-state index in [0.29, 0.717) is 6.04 Å². The second-order valence-corrected chi connectivity index (χ2v) is 6.00. The summed E-state index contributed by atoms with van der Waals surface area (Å²) in [5, 5.41) is 7.38. The van der Waals surface area contributed by atoms with Crippen molar-refractivity contribution in [1.29, 1.82) is 0 Å². The van der Waals surface area contributed by atoms with Crippen LogP contribution in [0.5, 0.6) is 0 Å². The maximum Gasteiger partial charge on any atom is 0.222 e. The van der Waals surface area contributed by atoms with Crippen molar-refractivity contribution in [2.45, 2.75) is 32.7 Å². The molecule has 0 bridgehead atoms. The summed E-state index contributed by atoms with van der Waals surface area (Å²) in [5.41, 5.74) is 1.34. The van der Waals surface area contributed by atoms with Crippen molar-refractivity contribution in [1.82, 2.24) is 10.2 Å². The number of thiophene rings is 1. The summed E-state index contributed by atoms with van der Waals surface area (Å²) in [4.78, 5) is 14.2. The van der Waals surface area contributed by atoms with Gasteiger partial charge in [0.1, 0.15) is 0 Å². The van der Waals surface area contributed by atoms with Crippen molar-refractivity contribution < 1.29 is 4.79 Å². The number of nitrogens with one attached hydrogen (secondary N) is 1. The molecule has 1 atom stereocenters. The van der Waals surface area contributed by atoms with Crippen molar-refractivity contribution in [3.8, 4) is 0 Å². The number of hydrogen-bond donors (Lipinski definition) is 1. The number of amides is 1. The normalized spacial score (nSPS) is 18.2. The summed E-state index contributed by atoms with van der Waals surface area (Å²) in [6.45, 7) is 6.90. The van der Waals surface area contributed by atoms with Crippen LogP contribution in [0.3, 0.4) is 0 Å². The van der Waals surface area contributed by atoms with Gasteiger partial charge < -0.3 is 5.32 Å². The maximum absolute atomic E-state index is 11.7. The Morgan fingerprint density at radius 2 is 2.17 bits per heavy atom. The molecular formula is C14H22N2OS. The van der Waals surface area contributed by atoms with E-state index in [1.54, 1.807) is 11.3 Å². The van der Waals surface area contributed by atoms with E-state index in [4.69, 9.17) is 0 Å². The number of nitrogens with zero attached hydrogens (tertiary/aromatic N) is 1. The molecular weight excluding hydrogens is 244 g/mol. The highest BCUT2D eigenvalue weighted by atomic mass is 32.1. The van der Waals surface area contributed by atoms with Crippen molar-refractivity contribution in [3.05, 3.63) is 22.4 Å². The lowest BCUT2D eigenvalue weighted by Crippen LogP contribution is -2.38. The quantitative estimate of drug-likeness (QED) is 0.888. The van der Waals surface area contributed by atoms with Gasteiger partial charge in [0.15, 0.2) is 0 Å². The first kappa shape index (κ1) is 13.6. The van der Waals surface area contributed by atoms with Gasteiger partial charge >= 0.3 is 0 Å². The molecule has 1 unspecified atom stereocenters. The molecule has 1 amide bonds. The van der Waals surface area contributed by atoms with E-state index in [1.807, 2.05) is 13.8 Å². The number of carbonyl (C=O) groups excluding carboxylic acids is 1. The molecule has 0 aromatic carbocycles. The van der Waals surface area contributed by atoms with E-state index in [1.165, 1.54) is 18.4 Å². The molecule has 1 aliphatic heterocycles. The molecule has 1 aromatic rings. The standard InChI is InChI=1S/C14H22N2OS/c1-11(2)14(17)15-9-13(12-5-8-18-10-12)16-6-3-4-7-16/h5,8,10-11,13H,3-4,6-7,9H2,1-2H3,(H,15,17). The maximum atomic E-state index is 11.7. The molecule has 2 heterocycles. The zero-order chi connectivity index (χ0) is 13.0. The Bertz CT molecular complexity index is 369. The van der Waals surface area contributed by atoms with Gasteiger partial charge in [-0.15, -0.1) is 0 Å². The topological polar surface area (TPSA) is 32.3 Å². The zero-order valence-electron chi connectivity index (χ0n) is 11.2. The average Bonchev–Trinajstić information content (AvgIpc) is 3.01. The van der Waals surface area contributed by atoms with Crippen LogP contribution in [-0.4, -0.2) is 30.4 Å². The van der Waals surface area contributed by atoms with Crippen LogP contribution in [0.15, 0.2) is 16.8 Å². The molecule has 1 N–H and O–H groups in total. The zero-order valence-corrected chi connectivity index (χ0v) is 12.0. The van der Waals surface area contributed by atoms with Crippen molar-refractivity contribution in [3.63, 3.8) is 0 Å². The summed E-state index contributed by atoms with van der Waals surface area (Å²) in [6.07, 6.45) is 2.55. The van der Waals surface area contributed by atoms with E-state index in [0.717, 1.165) is 19.6 Å². The van der Waals surface area contributed by atoms with Crippen LogP contribution in [-0.2, 0) is 4.79 Å². The van der Waals surface area contributed by atoms with E-state index >= 15 is 0 Å². The van der Waals surface area contributed by atoms with E-state index in [-0.39, 0.29) is 11.8 Å². The molecule has 100 valence electrons. The minimum absolute atomic E-state index is 0.0618. The van der Waals surface area contributed by atoms with Gasteiger partial charge in [-0.1, -0.05) is 13.8 Å². The molecule has 2 rings (SSSR count). The summed E-state index contributed by atoms with van der Waals surface area (Å²) in [6, 6.07) is 2.52. The first-order valence-electron chi connectivity index (χ1n) is 6.72. The van der Waals surface area contributed by atoms with Crippen LogP contribution in [0.1, 0.15) is 38.3 Å².